The van der Waals surface area contributed by atoms with Crippen molar-refractivity contribution in [1.82, 2.24) is 10.2 Å². The number of hydrogen-bond acceptors (Lipinski definition) is 6. The molecule has 6 nitrogen and oxygen atoms in total. The van der Waals surface area contributed by atoms with E-state index in [0.29, 0.717) is 23.4 Å². The molecule has 0 fully saturated rings. The van der Waals surface area contributed by atoms with E-state index in [2.05, 4.69) is 36.3 Å². The minimum Gasteiger partial charge on any atom is -0.494 e. The van der Waals surface area contributed by atoms with E-state index in [9.17, 15) is 4.79 Å². The van der Waals surface area contributed by atoms with Gasteiger partial charge in [-0.05, 0) is 43.5 Å². The number of carbonyl (C=O) groups excluding carboxylic acids is 1. The van der Waals surface area contributed by atoms with Gasteiger partial charge in [-0.1, -0.05) is 32.1 Å². The number of nitrogens with zero attached hydrogens (tertiary/aromatic N) is 2. The van der Waals surface area contributed by atoms with Crippen molar-refractivity contribution in [3.63, 3.8) is 0 Å². The molecule has 25 heavy (non-hydrogen) atoms. The number of benzene rings is 1. The van der Waals surface area contributed by atoms with Crippen molar-refractivity contribution in [2.75, 3.05) is 18.5 Å². The molecule has 2 rings (SSSR count). The molecule has 0 aliphatic rings. The van der Waals surface area contributed by atoms with Crippen LogP contribution in [0.2, 0.25) is 0 Å². The van der Waals surface area contributed by atoms with Crippen LogP contribution in [0.15, 0.2) is 24.3 Å². The minimum atomic E-state index is -0.251. The Hall–Kier alpha value is -2.15. The third-order valence-corrected chi connectivity index (χ3v) is 4.69. The summed E-state index contributed by atoms with van der Waals surface area (Å²) in [5, 5.41) is 12.4. The molecule has 1 aromatic heterocycles. The average Bonchev–Trinajstić information content (AvgIpc) is 3.08. The lowest BCUT2D eigenvalue weighted by Gasteiger charge is -2.08. The van der Waals surface area contributed by atoms with Gasteiger partial charge in [0.05, 0.1) is 6.61 Å². The molecule has 0 spiro atoms. The summed E-state index contributed by atoms with van der Waals surface area (Å²) in [6.45, 7) is 6.92. The first-order valence-corrected chi connectivity index (χ1v) is 9.46. The van der Waals surface area contributed by atoms with Crippen LogP contribution in [0.5, 0.6) is 11.5 Å². The molecule has 1 amide bonds. The number of amides is 1. The molecule has 0 bridgehead atoms. The molecule has 7 heteroatoms. The van der Waals surface area contributed by atoms with Crippen LogP contribution in [0.25, 0.3) is 0 Å². The van der Waals surface area contributed by atoms with Crippen LogP contribution in [0, 0.1) is 0 Å². The first-order chi connectivity index (χ1) is 12.2. The zero-order valence-electron chi connectivity index (χ0n) is 14.9. The van der Waals surface area contributed by atoms with E-state index in [1.165, 1.54) is 11.3 Å². The van der Waals surface area contributed by atoms with Crippen molar-refractivity contribution >= 4 is 22.4 Å². The number of nitrogens with one attached hydrogen (secondary N) is 1. The molecule has 0 saturated heterocycles. The Bertz CT molecular complexity index is 654. The smallest absolute Gasteiger partial charge is 0.264 e. The Labute approximate surface area is 152 Å². The molecule has 0 radical (unpaired) electrons. The van der Waals surface area contributed by atoms with Gasteiger partial charge in [-0.2, -0.15) is 0 Å². The van der Waals surface area contributed by atoms with E-state index in [1.807, 2.05) is 12.1 Å². The second-order valence-electron chi connectivity index (χ2n) is 5.62. The Kier molecular flexibility index (Phi) is 7.66. The van der Waals surface area contributed by atoms with Crippen molar-refractivity contribution < 1.29 is 14.3 Å². The summed E-state index contributed by atoms with van der Waals surface area (Å²) >= 11 is 1.42. The zero-order chi connectivity index (χ0) is 18.1. The lowest BCUT2D eigenvalue weighted by atomic mass is 10.1. The van der Waals surface area contributed by atoms with E-state index in [1.54, 1.807) is 12.1 Å². The molecule has 0 atom stereocenters. The molecule has 1 aromatic carbocycles. The molecule has 2 aromatic rings. The second-order valence-corrected chi connectivity index (χ2v) is 6.62. The Balaban J connectivity index is 1.80. The average molecular weight is 363 g/mol. The summed E-state index contributed by atoms with van der Waals surface area (Å²) in [6, 6.07) is 7.23. The fraction of sp³-hybridized carbons (Fsp3) is 0.500. The largest absolute Gasteiger partial charge is 0.494 e. The Morgan fingerprint density at radius 3 is 2.32 bits per heavy atom. The molecule has 1 N–H and O–H groups in total. The first kappa shape index (κ1) is 19.2. The topological polar surface area (TPSA) is 73.3 Å². The van der Waals surface area contributed by atoms with Crippen LogP contribution in [0.1, 0.15) is 51.0 Å². The van der Waals surface area contributed by atoms with E-state index < -0.39 is 0 Å². The number of aromatic nitrogens is 2. The summed E-state index contributed by atoms with van der Waals surface area (Å²) in [7, 11) is 0. The van der Waals surface area contributed by atoms with Gasteiger partial charge in [0.15, 0.2) is 6.61 Å². The summed E-state index contributed by atoms with van der Waals surface area (Å²) in [6.07, 6.45) is 2.99. The maximum absolute atomic E-state index is 12.0. The summed E-state index contributed by atoms with van der Waals surface area (Å²) < 4.78 is 11.0. The van der Waals surface area contributed by atoms with Gasteiger partial charge in [0.1, 0.15) is 16.5 Å². The third-order valence-electron chi connectivity index (χ3n) is 3.69. The first-order valence-electron chi connectivity index (χ1n) is 8.65. The summed E-state index contributed by atoms with van der Waals surface area (Å²) in [5.74, 6) is 1.56. The van der Waals surface area contributed by atoms with E-state index in [4.69, 9.17) is 9.47 Å². The van der Waals surface area contributed by atoms with Crippen LogP contribution in [0.3, 0.4) is 0 Å². The van der Waals surface area contributed by atoms with Crippen LogP contribution >= 0.6 is 11.3 Å². The van der Waals surface area contributed by atoms with E-state index in [-0.39, 0.29) is 12.5 Å². The number of rotatable bonds is 10. The molecule has 0 aliphatic carbocycles. The van der Waals surface area contributed by atoms with Gasteiger partial charge in [0, 0.05) is 5.92 Å². The van der Waals surface area contributed by atoms with Gasteiger partial charge in [-0.15, -0.1) is 10.2 Å². The van der Waals surface area contributed by atoms with E-state index >= 15 is 0 Å². The van der Waals surface area contributed by atoms with Crippen molar-refractivity contribution in [2.45, 2.75) is 46.0 Å². The minimum absolute atomic E-state index is 0.0743. The molecule has 0 unspecified atom stereocenters. The third kappa shape index (κ3) is 6.01. The van der Waals surface area contributed by atoms with Gasteiger partial charge in [-0.25, -0.2) is 0 Å². The molecular weight excluding hydrogens is 338 g/mol. The van der Waals surface area contributed by atoms with Crippen molar-refractivity contribution in [3.8, 4) is 11.5 Å². The molecule has 1 heterocycles. The van der Waals surface area contributed by atoms with Crippen molar-refractivity contribution in [2.24, 2.45) is 0 Å². The predicted molar refractivity (Wildman–Crippen MR) is 99.6 cm³/mol. The lowest BCUT2D eigenvalue weighted by molar-refractivity contribution is -0.118. The standard InChI is InChI=1S/C18H25N3O3S/c1-4-11-23-14-7-9-15(10-8-14)24-12-16(22)19-18-21-20-17(25-18)13(5-2)6-3/h7-10,13H,4-6,11-12H2,1-3H3,(H,19,21,22). The highest BCUT2D eigenvalue weighted by atomic mass is 32.1. The Morgan fingerprint density at radius 2 is 1.72 bits per heavy atom. The van der Waals surface area contributed by atoms with Gasteiger partial charge in [0.25, 0.3) is 5.91 Å². The highest BCUT2D eigenvalue weighted by Crippen LogP contribution is 2.28. The van der Waals surface area contributed by atoms with Crippen LogP contribution < -0.4 is 14.8 Å². The van der Waals surface area contributed by atoms with Gasteiger partial charge < -0.3 is 9.47 Å². The van der Waals surface area contributed by atoms with Crippen LogP contribution in [0.4, 0.5) is 5.13 Å². The van der Waals surface area contributed by atoms with Crippen LogP contribution in [-0.2, 0) is 4.79 Å². The fourth-order valence-electron chi connectivity index (χ4n) is 2.24. The quantitative estimate of drug-likeness (QED) is 0.683. The molecule has 136 valence electrons. The summed E-state index contributed by atoms with van der Waals surface area (Å²) in [4.78, 5) is 12.0. The Morgan fingerprint density at radius 1 is 1.08 bits per heavy atom. The molecular formula is C18H25N3O3S. The highest BCUT2D eigenvalue weighted by molar-refractivity contribution is 7.15. The maximum atomic E-state index is 12.0. The normalized spacial score (nSPS) is 10.7. The van der Waals surface area contributed by atoms with Gasteiger partial charge >= 0.3 is 0 Å². The van der Waals surface area contributed by atoms with Crippen molar-refractivity contribution in [3.05, 3.63) is 29.3 Å². The number of anilines is 1. The van der Waals surface area contributed by atoms with Gasteiger partial charge in [-0.3, -0.25) is 10.1 Å². The lowest BCUT2D eigenvalue weighted by Crippen LogP contribution is -2.20. The van der Waals surface area contributed by atoms with Crippen LogP contribution in [-0.4, -0.2) is 29.3 Å². The number of carbonyl (C=O) groups is 1. The number of ether oxygens (including phenoxy) is 2. The highest BCUT2D eigenvalue weighted by Gasteiger charge is 2.14. The zero-order valence-corrected chi connectivity index (χ0v) is 15.8. The molecule has 0 aliphatic heterocycles. The number of hydrogen-bond donors (Lipinski definition) is 1. The van der Waals surface area contributed by atoms with Gasteiger partial charge in [0.2, 0.25) is 5.13 Å². The monoisotopic (exact) mass is 363 g/mol. The molecule has 0 saturated carbocycles. The second kappa shape index (κ2) is 9.98. The fourth-order valence-corrected chi connectivity index (χ4v) is 3.27. The van der Waals surface area contributed by atoms with E-state index in [0.717, 1.165) is 30.0 Å². The maximum Gasteiger partial charge on any atom is 0.264 e. The summed E-state index contributed by atoms with van der Waals surface area (Å²) in [5.41, 5.74) is 0. The SMILES string of the molecule is CCCOc1ccc(OCC(=O)Nc2nnc(C(CC)CC)s2)cc1. The predicted octanol–water partition coefficient (Wildman–Crippen LogP) is 4.25. The van der Waals surface area contributed by atoms with Crippen molar-refractivity contribution in [1.29, 1.82) is 0 Å².